The number of hydrogen-bond acceptors (Lipinski definition) is 6. The zero-order valence-corrected chi connectivity index (χ0v) is 15.5. The first-order chi connectivity index (χ1) is 13.0. The van der Waals surface area contributed by atoms with E-state index in [4.69, 9.17) is 16.3 Å². The number of rotatable bonds is 6. The Bertz CT molecular complexity index is 977. The summed E-state index contributed by atoms with van der Waals surface area (Å²) in [6, 6.07) is 12.5. The zero-order valence-electron chi connectivity index (χ0n) is 14.8. The van der Waals surface area contributed by atoms with Gasteiger partial charge in [-0.15, -0.1) is 0 Å². The van der Waals surface area contributed by atoms with Crippen LogP contribution in [0.4, 0.5) is 17.2 Å². The van der Waals surface area contributed by atoms with E-state index in [0.717, 1.165) is 17.5 Å². The first kappa shape index (κ1) is 18.6. The normalized spacial score (nSPS) is 10.5. The van der Waals surface area contributed by atoms with Crippen LogP contribution in [0, 0.1) is 17.0 Å². The molecule has 0 spiro atoms. The largest absolute Gasteiger partial charge is 0.434 e. The molecule has 1 aromatic heterocycles. The lowest BCUT2D eigenvalue weighted by Gasteiger charge is -2.11. The Balaban J connectivity index is 1.96. The van der Waals surface area contributed by atoms with Crippen LogP contribution in [0.1, 0.15) is 18.1 Å². The van der Waals surface area contributed by atoms with Crippen LogP contribution in [-0.2, 0) is 6.42 Å². The van der Waals surface area contributed by atoms with Crippen LogP contribution in [0.3, 0.4) is 0 Å². The standard InChI is InChI=1S/C19H17ClN4O3/c1-3-13-5-8-15(9-6-13)27-19-17(24(25)26)18(21-11-22-19)23-16-10-14(20)7-4-12(16)2/h4-11H,3H2,1-2H3,(H,21,22,23). The lowest BCUT2D eigenvalue weighted by Crippen LogP contribution is -2.04. The van der Waals surface area contributed by atoms with Crippen LogP contribution >= 0.6 is 11.6 Å². The molecule has 1 N–H and O–H groups in total. The Hall–Kier alpha value is -3.19. The highest BCUT2D eigenvalue weighted by Gasteiger charge is 2.25. The zero-order chi connectivity index (χ0) is 19.4. The van der Waals surface area contributed by atoms with Gasteiger partial charge in [-0.05, 0) is 48.7 Å². The van der Waals surface area contributed by atoms with Gasteiger partial charge in [0.25, 0.3) is 0 Å². The van der Waals surface area contributed by atoms with Crippen molar-refractivity contribution in [2.45, 2.75) is 20.3 Å². The van der Waals surface area contributed by atoms with E-state index in [1.165, 1.54) is 6.33 Å². The van der Waals surface area contributed by atoms with E-state index in [0.29, 0.717) is 16.5 Å². The highest BCUT2D eigenvalue weighted by Crippen LogP contribution is 2.36. The Morgan fingerprint density at radius 1 is 1.19 bits per heavy atom. The molecular weight excluding hydrogens is 368 g/mol. The molecule has 2 aromatic carbocycles. The van der Waals surface area contributed by atoms with E-state index < -0.39 is 4.92 Å². The monoisotopic (exact) mass is 384 g/mol. The van der Waals surface area contributed by atoms with Crippen molar-refractivity contribution < 1.29 is 9.66 Å². The fraction of sp³-hybridized carbons (Fsp3) is 0.158. The Labute approximate surface area is 161 Å². The smallest absolute Gasteiger partial charge is 0.373 e. The molecule has 0 unspecified atom stereocenters. The molecule has 7 nitrogen and oxygen atoms in total. The van der Waals surface area contributed by atoms with Crippen LogP contribution in [0.2, 0.25) is 5.02 Å². The third kappa shape index (κ3) is 4.32. The number of ether oxygens (including phenoxy) is 1. The number of nitro groups is 1. The van der Waals surface area contributed by atoms with Gasteiger partial charge in [0, 0.05) is 10.7 Å². The number of anilines is 2. The van der Waals surface area contributed by atoms with E-state index in [9.17, 15) is 10.1 Å². The molecule has 138 valence electrons. The van der Waals surface area contributed by atoms with Gasteiger partial charge in [0.2, 0.25) is 5.82 Å². The molecule has 8 heteroatoms. The average molecular weight is 385 g/mol. The van der Waals surface area contributed by atoms with E-state index in [1.807, 2.05) is 32.0 Å². The molecule has 0 bridgehead atoms. The minimum Gasteiger partial charge on any atom is -0.434 e. The van der Waals surface area contributed by atoms with Gasteiger partial charge in [0.05, 0.1) is 4.92 Å². The molecule has 0 aliphatic carbocycles. The van der Waals surface area contributed by atoms with Gasteiger partial charge in [0.1, 0.15) is 12.1 Å². The Morgan fingerprint density at radius 2 is 1.93 bits per heavy atom. The van der Waals surface area contributed by atoms with Gasteiger partial charge in [-0.1, -0.05) is 36.7 Å². The van der Waals surface area contributed by atoms with Crippen LogP contribution in [-0.4, -0.2) is 14.9 Å². The Morgan fingerprint density at radius 3 is 2.59 bits per heavy atom. The summed E-state index contributed by atoms with van der Waals surface area (Å²) in [5.41, 5.74) is 2.27. The lowest BCUT2D eigenvalue weighted by atomic mass is 10.2. The molecule has 0 aliphatic heterocycles. The van der Waals surface area contributed by atoms with Gasteiger partial charge < -0.3 is 10.1 Å². The number of nitrogens with one attached hydrogen (secondary N) is 1. The fourth-order valence-electron chi connectivity index (χ4n) is 2.45. The van der Waals surface area contributed by atoms with Crippen molar-refractivity contribution in [3.8, 4) is 11.6 Å². The predicted molar refractivity (Wildman–Crippen MR) is 104 cm³/mol. The minimum atomic E-state index is -0.571. The topological polar surface area (TPSA) is 90.2 Å². The molecule has 3 aromatic rings. The van der Waals surface area contributed by atoms with Crippen molar-refractivity contribution in [3.05, 3.63) is 75.1 Å². The predicted octanol–water partition coefficient (Wildman–Crippen LogP) is 5.44. The molecule has 0 saturated carbocycles. The third-order valence-electron chi connectivity index (χ3n) is 3.97. The SMILES string of the molecule is CCc1ccc(Oc2ncnc(Nc3cc(Cl)ccc3C)c2[N+](=O)[O-])cc1. The molecular formula is C19H17ClN4O3. The first-order valence-corrected chi connectivity index (χ1v) is 8.65. The maximum absolute atomic E-state index is 11.7. The molecule has 0 amide bonds. The van der Waals surface area contributed by atoms with Gasteiger partial charge in [-0.3, -0.25) is 10.1 Å². The summed E-state index contributed by atoms with van der Waals surface area (Å²) in [6.07, 6.45) is 2.10. The highest BCUT2D eigenvalue weighted by molar-refractivity contribution is 6.30. The minimum absolute atomic E-state index is 0.0283. The second-order valence-corrected chi connectivity index (χ2v) is 6.25. The molecule has 0 aliphatic rings. The second kappa shape index (κ2) is 8.01. The number of aromatic nitrogens is 2. The number of benzene rings is 2. The highest BCUT2D eigenvalue weighted by atomic mass is 35.5. The first-order valence-electron chi connectivity index (χ1n) is 8.27. The summed E-state index contributed by atoms with van der Waals surface area (Å²) in [6.45, 7) is 3.90. The van der Waals surface area contributed by atoms with Gasteiger partial charge in [0.15, 0.2) is 0 Å². The molecule has 0 radical (unpaired) electrons. The van der Waals surface area contributed by atoms with Gasteiger partial charge in [-0.25, -0.2) is 4.98 Å². The quantitative estimate of drug-likeness (QED) is 0.449. The van der Waals surface area contributed by atoms with Crippen molar-refractivity contribution in [2.24, 2.45) is 0 Å². The molecule has 0 saturated heterocycles. The van der Waals surface area contributed by atoms with Crippen LogP contribution in [0.15, 0.2) is 48.8 Å². The number of aryl methyl sites for hydroxylation is 2. The van der Waals surface area contributed by atoms with Crippen molar-refractivity contribution in [2.75, 3.05) is 5.32 Å². The van der Waals surface area contributed by atoms with Gasteiger partial charge in [-0.2, -0.15) is 4.98 Å². The number of nitrogens with zero attached hydrogens (tertiary/aromatic N) is 3. The fourth-order valence-corrected chi connectivity index (χ4v) is 2.63. The average Bonchev–Trinajstić information content (AvgIpc) is 2.65. The van der Waals surface area contributed by atoms with Gasteiger partial charge >= 0.3 is 11.6 Å². The summed E-state index contributed by atoms with van der Waals surface area (Å²) in [5, 5.41) is 15.1. The molecule has 1 heterocycles. The van der Waals surface area contributed by atoms with Crippen molar-refractivity contribution in [3.63, 3.8) is 0 Å². The van der Waals surface area contributed by atoms with Crippen LogP contribution < -0.4 is 10.1 Å². The van der Waals surface area contributed by atoms with E-state index >= 15 is 0 Å². The van der Waals surface area contributed by atoms with Crippen molar-refractivity contribution in [1.82, 2.24) is 9.97 Å². The van der Waals surface area contributed by atoms with Crippen molar-refractivity contribution in [1.29, 1.82) is 0 Å². The summed E-state index contributed by atoms with van der Waals surface area (Å²) in [5.74, 6) is 0.348. The lowest BCUT2D eigenvalue weighted by molar-refractivity contribution is -0.385. The second-order valence-electron chi connectivity index (χ2n) is 5.82. The summed E-state index contributed by atoms with van der Waals surface area (Å²) < 4.78 is 5.64. The summed E-state index contributed by atoms with van der Waals surface area (Å²) in [4.78, 5) is 19.0. The number of halogens is 1. The van der Waals surface area contributed by atoms with Crippen LogP contribution in [0.5, 0.6) is 11.6 Å². The van der Waals surface area contributed by atoms with E-state index in [2.05, 4.69) is 15.3 Å². The molecule has 27 heavy (non-hydrogen) atoms. The number of hydrogen-bond donors (Lipinski definition) is 1. The van der Waals surface area contributed by atoms with E-state index in [-0.39, 0.29) is 17.4 Å². The molecule has 0 fully saturated rings. The maximum atomic E-state index is 11.7. The Kier molecular flexibility index (Phi) is 5.52. The molecule has 3 rings (SSSR count). The summed E-state index contributed by atoms with van der Waals surface area (Å²) >= 11 is 6.02. The van der Waals surface area contributed by atoms with Crippen molar-refractivity contribution >= 4 is 28.8 Å². The summed E-state index contributed by atoms with van der Waals surface area (Å²) in [7, 11) is 0. The molecule has 0 atom stereocenters. The maximum Gasteiger partial charge on any atom is 0.373 e. The van der Waals surface area contributed by atoms with Crippen LogP contribution in [0.25, 0.3) is 0 Å². The third-order valence-corrected chi connectivity index (χ3v) is 4.21. The van der Waals surface area contributed by atoms with E-state index in [1.54, 1.807) is 24.3 Å².